The van der Waals surface area contributed by atoms with Crippen LogP contribution in [0.5, 0.6) is 0 Å². The molecule has 0 saturated carbocycles. The Morgan fingerprint density at radius 2 is 1.17 bits per heavy atom. The fourth-order valence-electron chi connectivity index (χ4n) is 6.93. The lowest BCUT2D eigenvalue weighted by Gasteiger charge is -2.22. The molecular formula is C41H31N. The SMILES string of the molecule is C=C(c1ccc(-c2ccc3c(c2)c2ccccc2n3-c2ccccc2)cc1)c1ccc2c(c1)C(C)(C)c1ccccc1-2. The lowest BCUT2D eigenvalue weighted by molar-refractivity contribution is 0.660. The number of nitrogens with zero attached hydrogens (tertiary/aromatic N) is 1. The molecule has 1 heterocycles. The van der Waals surface area contributed by atoms with Crippen LogP contribution in [0.1, 0.15) is 36.1 Å². The first-order valence-corrected chi connectivity index (χ1v) is 14.6. The largest absolute Gasteiger partial charge is 0.309 e. The summed E-state index contributed by atoms with van der Waals surface area (Å²) in [6.07, 6.45) is 0. The van der Waals surface area contributed by atoms with Gasteiger partial charge in [0.05, 0.1) is 11.0 Å². The molecule has 1 heteroatoms. The minimum Gasteiger partial charge on any atom is -0.309 e. The molecule has 1 aromatic heterocycles. The van der Waals surface area contributed by atoms with E-state index in [1.807, 2.05) is 0 Å². The molecule has 0 fully saturated rings. The van der Waals surface area contributed by atoms with Gasteiger partial charge >= 0.3 is 0 Å². The molecule has 1 aliphatic rings. The maximum absolute atomic E-state index is 4.52. The van der Waals surface area contributed by atoms with Gasteiger partial charge < -0.3 is 4.57 Å². The van der Waals surface area contributed by atoms with Gasteiger partial charge in [-0.05, 0) is 86.5 Å². The third kappa shape index (κ3) is 3.63. The lowest BCUT2D eigenvalue weighted by Crippen LogP contribution is -2.15. The van der Waals surface area contributed by atoms with E-state index in [4.69, 9.17) is 0 Å². The van der Waals surface area contributed by atoms with Gasteiger partial charge in [0, 0.05) is 21.9 Å². The van der Waals surface area contributed by atoms with Gasteiger partial charge in [-0.25, -0.2) is 0 Å². The Hall–Kier alpha value is -5.14. The first-order chi connectivity index (χ1) is 20.5. The molecule has 0 spiro atoms. The van der Waals surface area contributed by atoms with Crippen molar-refractivity contribution in [1.82, 2.24) is 4.57 Å². The Morgan fingerprint density at radius 3 is 2.00 bits per heavy atom. The second-order valence-corrected chi connectivity index (χ2v) is 11.9. The predicted molar refractivity (Wildman–Crippen MR) is 178 cm³/mol. The van der Waals surface area contributed by atoms with Crippen LogP contribution in [-0.2, 0) is 5.41 Å². The normalized spacial score (nSPS) is 13.3. The van der Waals surface area contributed by atoms with Crippen molar-refractivity contribution < 1.29 is 0 Å². The Balaban J connectivity index is 1.14. The molecule has 0 saturated heterocycles. The molecule has 0 unspecified atom stereocenters. The Morgan fingerprint density at radius 1 is 0.524 bits per heavy atom. The molecule has 200 valence electrons. The topological polar surface area (TPSA) is 4.93 Å². The Labute approximate surface area is 247 Å². The monoisotopic (exact) mass is 537 g/mol. The minimum atomic E-state index is -0.0195. The van der Waals surface area contributed by atoms with Gasteiger partial charge in [-0.3, -0.25) is 0 Å². The molecule has 0 bridgehead atoms. The summed E-state index contributed by atoms with van der Waals surface area (Å²) < 4.78 is 2.36. The molecule has 0 amide bonds. The van der Waals surface area contributed by atoms with Crippen LogP contribution in [0.3, 0.4) is 0 Å². The predicted octanol–water partition coefficient (Wildman–Crippen LogP) is 10.8. The second kappa shape index (κ2) is 9.19. The zero-order chi connectivity index (χ0) is 28.4. The average Bonchev–Trinajstić information content (AvgIpc) is 3.49. The van der Waals surface area contributed by atoms with Crippen LogP contribution >= 0.6 is 0 Å². The average molecular weight is 538 g/mol. The molecule has 0 N–H and O–H groups in total. The number of fused-ring (bicyclic) bond motifs is 6. The molecular weight excluding hydrogens is 506 g/mol. The van der Waals surface area contributed by atoms with Crippen LogP contribution in [0.2, 0.25) is 0 Å². The quantitative estimate of drug-likeness (QED) is 0.210. The third-order valence-corrected chi connectivity index (χ3v) is 9.19. The van der Waals surface area contributed by atoms with Gasteiger partial charge in [-0.2, -0.15) is 0 Å². The number of rotatable bonds is 4. The summed E-state index contributed by atoms with van der Waals surface area (Å²) in [5.41, 5.74) is 14.9. The molecule has 6 aromatic carbocycles. The highest BCUT2D eigenvalue weighted by Gasteiger charge is 2.35. The molecule has 0 radical (unpaired) electrons. The van der Waals surface area contributed by atoms with E-state index in [0.717, 1.165) is 11.1 Å². The number of hydrogen-bond donors (Lipinski definition) is 0. The maximum Gasteiger partial charge on any atom is 0.0541 e. The summed E-state index contributed by atoms with van der Waals surface area (Å²) in [5, 5.41) is 2.53. The Bertz CT molecular complexity index is 2160. The van der Waals surface area contributed by atoms with Crippen molar-refractivity contribution in [3.05, 3.63) is 168 Å². The van der Waals surface area contributed by atoms with E-state index in [1.165, 1.54) is 66.4 Å². The van der Waals surface area contributed by atoms with Crippen LogP contribution in [0.25, 0.3) is 55.3 Å². The first-order valence-electron chi connectivity index (χ1n) is 14.6. The zero-order valence-corrected chi connectivity index (χ0v) is 23.9. The number of benzene rings is 6. The first kappa shape index (κ1) is 24.6. The molecule has 0 aliphatic heterocycles. The highest BCUT2D eigenvalue weighted by Crippen LogP contribution is 2.49. The fraction of sp³-hybridized carbons (Fsp3) is 0.0732. The van der Waals surface area contributed by atoms with Crippen LogP contribution < -0.4 is 0 Å². The smallest absolute Gasteiger partial charge is 0.0541 e. The van der Waals surface area contributed by atoms with Crippen molar-refractivity contribution in [3.8, 4) is 27.9 Å². The van der Waals surface area contributed by atoms with Crippen molar-refractivity contribution >= 4 is 27.4 Å². The number of hydrogen-bond acceptors (Lipinski definition) is 0. The standard InChI is InChI=1S/C41H31N/c1-27(30-21-23-34-33-13-7-9-15-37(33)41(2,3)38(34)26-30)28-17-19-29(20-18-28)31-22-24-40-36(25-31)35-14-8-10-16-39(35)42(40)32-11-5-4-6-12-32/h4-26H,1H2,2-3H3. The van der Waals surface area contributed by atoms with Crippen molar-refractivity contribution in [2.75, 3.05) is 0 Å². The maximum atomic E-state index is 4.52. The van der Waals surface area contributed by atoms with Gasteiger partial charge in [0.25, 0.3) is 0 Å². The van der Waals surface area contributed by atoms with Crippen molar-refractivity contribution in [2.24, 2.45) is 0 Å². The molecule has 1 aliphatic carbocycles. The summed E-state index contributed by atoms with van der Waals surface area (Å²) in [6, 6.07) is 50.6. The van der Waals surface area contributed by atoms with Crippen LogP contribution in [0.4, 0.5) is 0 Å². The zero-order valence-electron chi connectivity index (χ0n) is 23.9. The van der Waals surface area contributed by atoms with Gasteiger partial charge in [-0.15, -0.1) is 0 Å². The molecule has 42 heavy (non-hydrogen) atoms. The molecule has 0 atom stereocenters. The van der Waals surface area contributed by atoms with E-state index in [0.29, 0.717) is 0 Å². The summed E-state index contributed by atoms with van der Waals surface area (Å²) in [5.74, 6) is 0. The van der Waals surface area contributed by atoms with E-state index < -0.39 is 0 Å². The molecule has 1 nitrogen and oxygen atoms in total. The Kier molecular flexibility index (Phi) is 5.39. The van der Waals surface area contributed by atoms with E-state index in [9.17, 15) is 0 Å². The highest BCUT2D eigenvalue weighted by atomic mass is 15.0. The molecule has 8 rings (SSSR count). The van der Waals surface area contributed by atoms with Crippen molar-refractivity contribution in [2.45, 2.75) is 19.3 Å². The summed E-state index contributed by atoms with van der Waals surface area (Å²) in [7, 11) is 0. The van der Waals surface area contributed by atoms with Gasteiger partial charge in [0.1, 0.15) is 0 Å². The second-order valence-electron chi connectivity index (χ2n) is 11.9. The summed E-state index contributed by atoms with van der Waals surface area (Å²) in [6.45, 7) is 9.18. The van der Waals surface area contributed by atoms with E-state index >= 15 is 0 Å². The van der Waals surface area contributed by atoms with Gasteiger partial charge in [-0.1, -0.05) is 124 Å². The number of aromatic nitrogens is 1. The molecule has 7 aromatic rings. The van der Waals surface area contributed by atoms with Gasteiger partial charge in [0.2, 0.25) is 0 Å². The summed E-state index contributed by atoms with van der Waals surface area (Å²) >= 11 is 0. The van der Waals surface area contributed by atoms with Crippen LogP contribution in [-0.4, -0.2) is 4.57 Å². The highest BCUT2D eigenvalue weighted by molar-refractivity contribution is 6.10. The summed E-state index contributed by atoms with van der Waals surface area (Å²) in [4.78, 5) is 0. The van der Waals surface area contributed by atoms with E-state index in [-0.39, 0.29) is 5.41 Å². The fourth-order valence-corrected chi connectivity index (χ4v) is 6.93. The van der Waals surface area contributed by atoms with E-state index in [1.54, 1.807) is 0 Å². The lowest BCUT2D eigenvalue weighted by atomic mass is 9.81. The van der Waals surface area contributed by atoms with Crippen molar-refractivity contribution in [1.29, 1.82) is 0 Å². The van der Waals surface area contributed by atoms with Crippen molar-refractivity contribution in [3.63, 3.8) is 0 Å². The van der Waals surface area contributed by atoms with Crippen LogP contribution in [0, 0.1) is 0 Å². The van der Waals surface area contributed by atoms with Crippen LogP contribution in [0.15, 0.2) is 146 Å². The van der Waals surface area contributed by atoms with E-state index in [2.05, 4.69) is 165 Å². The van der Waals surface area contributed by atoms with Gasteiger partial charge in [0.15, 0.2) is 0 Å². The minimum absolute atomic E-state index is 0.0195. The number of para-hydroxylation sites is 2. The third-order valence-electron chi connectivity index (χ3n) is 9.19.